The van der Waals surface area contributed by atoms with Crippen molar-refractivity contribution in [1.82, 2.24) is 9.88 Å². The molecule has 1 aliphatic rings. The Morgan fingerprint density at radius 3 is 2.62 bits per heavy atom. The number of carbonyl (C=O) groups excluding carboxylic acids is 2. The smallest absolute Gasteiger partial charge is 0.418 e. The summed E-state index contributed by atoms with van der Waals surface area (Å²) in [6.45, 7) is 3.30. The van der Waals surface area contributed by atoms with Crippen molar-refractivity contribution < 1.29 is 14.3 Å². The van der Waals surface area contributed by atoms with Crippen molar-refractivity contribution >= 4 is 12.0 Å². The summed E-state index contributed by atoms with van der Waals surface area (Å²) >= 11 is 0. The van der Waals surface area contributed by atoms with Crippen molar-refractivity contribution in [1.29, 1.82) is 0 Å². The second-order valence-corrected chi connectivity index (χ2v) is 4.09. The Labute approximate surface area is 93.0 Å². The lowest BCUT2D eigenvalue weighted by Gasteiger charge is -2.13. The van der Waals surface area contributed by atoms with Gasteiger partial charge in [0.1, 0.15) is 0 Å². The van der Waals surface area contributed by atoms with Crippen molar-refractivity contribution in [2.75, 3.05) is 0 Å². The highest BCUT2D eigenvalue weighted by Crippen LogP contribution is 2.24. The molecule has 1 saturated heterocycles. The van der Waals surface area contributed by atoms with Gasteiger partial charge in [0, 0.05) is 6.20 Å². The number of imide groups is 1. The van der Waals surface area contributed by atoms with Gasteiger partial charge in [0.2, 0.25) is 0 Å². The van der Waals surface area contributed by atoms with Crippen molar-refractivity contribution in [2.24, 2.45) is 0 Å². The average molecular weight is 220 g/mol. The summed E-state index contributed by atoms with van der Waals surface area (Å²) < 4.78 is 4.96. The number of rotatable bonds is 2. The number of pyridine rings is 1. The second kappa shape index (κ2) is 3.59. The molecule has 2 rings (SSSR count). The number of amides is 2. The van der Waals surface area contributed by atoms with Crippen LogP contribution in [0.25, 0.3) is 0 Å². The summed E-state index contributed by atoms with van der Waals surface area (Å²) in [5.41, 5.74) is -0.406. The molecule has 5 heteroatoms. The van der Waals surface area contributed by atoms with Gasteiger partial charge in [0.05, 0.1) is 12.2 Å². The van der Waals surface area contributed by atoms with E-state index in [0.29, 0.717) is 5.69 Å². The Balaban J connectivity index is 2.18. The number of nitrogens with zero attached hydrogens (tertiary/aromatic N) is 2. The van der Waals surface area contributed by atoms with Crippen LogP contribution in [0, 0.1) is 0 Å². The zero-order chi connectivity index (χ0) is 11.8. The lowest BCUT2D eigenvalue weighted by molar-refractivity contribution is -0.134. The molecular formula is C11H12N2O3. The Morgan fingerprint density at radius 2 is 2.12 bits per heavy atom. The molecule has 0 radical (unpaired) electrons. The van der Waals surface area contributed by atoms with Crippen molar-refractivity contribution in [3.05, 3.63) is 30.1 Å². The maximum atomic E-state index is 11.8. The number of hydrogen-bond donors (Lipinski definition) is 0. The van der Waals surface area contributed by atoms with Crippen molar-refractivity contribution in [3.63, 3.8) is 0 Å². The molecule has 1 aromatic heterocycles. The van der Waals surface area contributed by atoms with E-state index in [2.05, 4.69) is 4.98 Å². The SMILES string of the molecule is CC1(C)OC(=O)N(Cc2ccccn2)C1=O. The molecule has 0 saturated carbocycles. The van der Waals surface area contributed by atoms with Gasteiger partial charge in [-0.15, -0.1) is 0 Å². The van der Waals surface area contributed by atoms with Gasteiger partial charge in [-0.25, -0.2) is 9.69 Å². The van der Waals surface area contributed by atoms with Crippen LogP contribution in [-0.4, -0.2) is 27.5 Å². The first-order valence-electron chi connectivity index (χ1n) is 4.95. The summed E-state index contributed by atoms with van der Waals surface area (Å²) in [6.07, 6.45) is 1.01. The van der Waals surface area contributed by atoms with Gasteiger partial charge in [0.15, 0.2) is 5.60 Å². The number of carbonyl (C=O) groups is 2. The van der Waals surface area contributed by atoms with Gasteiger partial charge in [-0.3, -0.25) is 9.78 Å². The minimum Gasteiger partial charge on any atom is -0.433 e. The largest absolute Gasteiger partial charge is 0.433 e. The van der Waals surface area contributed by atoms with Crippen LogP contribution in [0.15, 0.2) is 24.4 Å². The standard InChI is InChI=1S/C11H12N2O3/c1-11(2)9(14)13(10(15)16-11)7-8-5-3-4-6-12-8/h3-6H,7H2,1-2H3. The van der Waals surface area contributed by atoms with E-state index >= 15 is 0 Å². The first-order valence-corrected chi connectivity index (χ1v) is 4.95. The zero-order valence-corrected chi connectivity index (χ0v) is 9.14. The van der Waals surface area contributed by atoms with Gasteiger partial charge >= 0.3 is 6.09 Å². The Hall–Kier alpha value is -1.91. The number of ether oxygens (including phenoxy) is 1. The van der Waals surface area contributed by atoms with E-state index in [-0.39, 0.29) is 12.5 Å². The number of aromatic nitrogens is 1. The fourth-order valence-electron chi connectivity index (χ4n) is 1.51. The van der Waals surface area contributed by atoms with E-state index in [0.717, 1.165) is 4.90 Å². The van der Waals surface area contributed by atoms with Gasteiger partial charge in [-0.1, -0.05) is 6.07 Å². The highest BCUT2D eigenvalue weighted by atomic mass is 16.6. The molecule has 2 amide bonds. The quantitative estimate of drug-likeness (QED) is 0.754. The third-order valence-corrected chi connectivity index (χ3v) is 2.37. The predicted octanol–water partition coefficient (Wildman–Crippen LogP) is 1.34. The second-order valence-electron chi connectivity index (χ2n) is 4.09. The van der Waals surface area contributed by atoms with Crippen LogP contribution in [0.5, 0.6) is 0 Å². The minimum absolute atomic E-state index is 0.155. The molecule has 1 aliphatic heterocycles. The fraction of sp³-hybridized carbons (Fsp3) is 0.364. The predicted molar refractivity (Wildman–Crippen MR) is 55.3 cm³/mol. The maximum Gasteiger partial charge on any atom is 0.418 e. The van der Waals surface area contributed by atoms with Gasteiger partial charge in [-0.2, -0.15) is 0 Å². The molecule has 1 aromatic rings. The minimum atomic E-state index is -1.06. The first-order chi connectivity index (χ1) is 7.50. The van der Waals surface area contributed by atoms with Gasteiger partial charge in [-0.05, 0) is 26.0 Å². The molecule has 5 nitrogen and oxygen atoms in total. The van der Waals surface area contributed by atoms with Gasteiger partial charge in [0.25, 0.3) is 5.91 Å². The summed E-state index contributed by atoms with van der Waals surface area (Å²) in [5.74, 6) is -0.330. The molecular weight excluding hydrogens is 208 g/mol. The molecule has 0 aromatic carbocycles. The average Bonchev–Trinajstić information content (AvgIpc) is 2.42. The molecule has 0 aliphatic carbocycles. The van der Waals surface area contributed by atoms with Crippen LogP contribution in [0.4, 0.5) is 4.79 Å². The zero-order valence-electron chi connectivity index (χ0n) is 9.14. The van der Waals surface area contributed by atoms with Crippen LogP contribution < -0.4 is 0 Å². The van der Waals surface area contributed by atoms with E-state index < -0.39 is 11.7 Å². The van der Waals surface area contributed by atoms with E-state index in [9.17, 15) is 9.59 Å². The third kappa shape index (κ3) is 1.76. The summed E-state index contributed by atoms with van der Waals surface area (Å²) in [4.78, 5) is 28.4. The molecule has 0 atom stereocenters. The highest BCUT2D eigenvalue weighted by molar-refractivity contribution is 6.02. The highest BCUT2D eigenvalue weighted by Gasteiger charge is 2.46. The first kappa shape index (κ1) is 10.6. The summed E-state index contributed by atoms with van der Waals surface area (Å²) in [5, 5.41) is 0. The van der Waals surface area contributed by atoms with Crippen LogP contribution in [0.1, 0.15) is 19.5 Å². The number of hydrogen-bond acceptors (Lipinski definition) is 4. The molecule has 2 heterocycles. The van der Waals surface area contributed by atoms with E-state index in [1.54, 1.807) is 38.2 Å². The topological polar surface area (TPSA) is 59.5 Å². The van der Waals surface area contributed by atoms with Crippen LogP contribution >= 0.6 is 0 Å². The normalized spacial score (nSPS) is 18.8. The monoisotopic (exact) mass is 220 g/mol. The lowest BCUT2D eigenvalue weighted by Crippen LogP contribution is -2.35. The molecule has 84 valence electrons. The molecule has 1 fully saturated rings. The summed E-state index contributed by atoms with van der Waals surface area (Å²) in [7, 11) is 0. The molecule has 0 N–H and O–H groups in total. The maximum absolute atomic E-state index is 11.8. The summed E-state index contributed by atoms with van der Waals surface area (Å²) in [6, 6.07) is 5.34. The van der Waals surface area contributed by atoms with E-state index in [1.165, 1.54) is 0 Å². The van der Waals surface area contributed by atoms with Crippen molar-refractivity contribution in [3.8, 4) is 0 Å². The van der Waals surface area contributed by atoms with Crippen molar-refractivity contribution in [2.45, 2.75) is 26.0 Å². The lowest BCUT2D eigenvalue weighted by atomic mass is 10.1. The van der Waals surface area contributed by atoms with Crippen LogP contribution in [0.2, 0.25) is 0 Å². The Morgan fingerprint density at radius 1 is 1.38 bits per heavy atom. The van der Waals surface area contributed by atoms with Gasteiger partial charge < -0.3 is 4.74 Å². The molecule has 0 unspecified atom stereocenters. The molecule has 16 heavy (non-hydrogen) atoms. The Bertz CT molecular complexity index is 428. The van der Waals surface area contributed by atoms with E-state index in [1.807, 2.05) is 0 Å². The van der Waals surface area contributed by atoms with E-state index in [4.69, 9.17) is 4.74 Å². The molecule has 0 bridgehead atoms. The van der Waals surface area contributed by atoms with Crippen LogP contribution in [-0.2, 0) is 16.1 Å². The number of cyclic esters (lactones) is 1. The Kier molecular flexibility index (Phi) is 2.38. The fourth-order valence-corrected chi connectivity index (χ4v) is 1.51. The van der Waals surface area contributed by atoms with Crippen LogP contribution in [0.3, 0.4) is 0 Å². The molecule has 0 spiro atoms. The third-order valence-electron chi connectivity index (χ3n) is 2.37.